The summed E-state index contributed by atoms with van der Waals surface area (Å²) in [5, 5.41) is 12.7. The zero-order valence-corrected chi connectivity index (χ0v) is 8.69. The summed E-state index contributed by atoms with van der Waals surface area (Å²) in [6.45, 7) is 5.65. The van der Waals surface area contributed by atoms with Crippen LogP contribution in [0, 0.1) is 13.8 Å². The summed E-state index contributed by atoms with van der Waals surface area (Å²) in [6, 6.07) is 0.0901. The summed E-state index contributed by atoms with van der Waals surface area (Å²) in [4.78, 5) is 14.5. The molecule has 0 radical (unpaired) electrons. The van der Waals surface area contributed by atoms with Crippen LogP contribution in [-0.2, 0) is 4.79 Å². The van der Waals surface area contributed by atoms with Crippen LogP contribution >= 0.6 is 0 Å². The first-order valence-corrected chi connectivity index (χ1v) is 4.62. The van der Waals surface area contributed by atoms with E-state index in [0.717, 1.165) is 11.6 Å². The molecule has 1 rings (SSSR count). The highest BCUT2D eigenvalue weighted by Gasteiger charge is 2.11. The maximum Gasteiger partial charge on any atom is 0.303 e. The molecule has 0 aliphatic carbocycles. The molecule has 0 aromatic carbocycles. The summed E-state index contributed by atoms with van der Waals surface area (Å²) < 4.78 is 1.78. The van der Waals surface area contributed by atoms with E-state index in [9.17, 15) is 4.79 Å². The van der Waals surface area contributed by atoms with Gasteiger partial charge in [-0.3, -0.25) is 4.79 Å². The van der Waals surface area contributed by atoms with Gasteiger partial charge in [-0.15, -0.1) is 0 Å². The molecule has 0 fully saturated rings. The molecule has 1 unspecified atom stereocenters. The quantitative estimate of drug-likeness (QED) is 0.790. The Morgan fingerprint density at radius 2 is 2.21 bits per heavy atom. The lowest BCUT2D eigenvalue weighted by Crippen LogP contribution is -2.11. The molecule has 0 saturated carbocycles. The van der Waals surface area contributed by atoms with Gasteiger partial charge in [-0.05, 0) is 27.2 Å². The molecule has 1 atom stereocenters. The van der Waals surface area contributed by atoms with Gasteiger partial charge >= 0.3 is 5.97 Å². The number of aryl methyl sites for hydroxylation is 2. The first-order chi connectivity index (χ1) is 6.50. The Morgan fingerprint density at radius 3 is 2.64 bits per heavy atom. The number of rotatable bonds is 4. The van der Waals surface area contributed by atoms with E-state index in [4.69, 9.17) is 5.11 Å². The molecule has 5 heteroatoms. The minimum Gasteiger partial charge on any atom is -0.481 e. The standard InChI is InChI=1S/C9H15N3O2/c1-6(4-5-9(13)14)12-8(3)10-7(2)11-12/h6H,4-5H2,1-3H3,(H,13,14). The number of carboxylic acids is 1. The third-order valence-electron chi connectivity index (χ3n) is 2.10. The minimum absolute atomic E-state index is 0.0901. The molecule has 78 valence electrons. The lowest BCUT2D eigenvalue weighted by atomic mass is 10.2. The van der Waals surface area contributed by atoms with Gasteiger partial charge < -0.3 is 5.11 Å². The molecular formula is C9H15N3O2. The lowest BCUT2D eigenvalue weighted by Gasteiger charge is -2.11. The normalized spacial score (nSPS) is 12.8. The first kappa shape index (κ1) is 10.7. The van der Waals surface area contributed by atoms with Crippen LogP contribution < -0.4 is 0 Å². The van der Waals surface area contributed by atoms with Crippen LogP contribution in [0.3, 0.4) is 0 Å². The third-order valence-corrected chi connectivity index (χ3v) is 2.10. The van der Waals surface area contributed by atoms with Crippen LogP contribution in [0.1, 0.15) is 37.5 Å². The van der Waals surface area contributed by atoms with Crippen molar-refractivity contribution >= 4 is 5.97 Å². The Labute approximate surface area is 82.8 Å². The highest BCUT2D eigenvalue weighted by atomic mass is 16.4. The zero-order chi connectivity index (χ0) is 10.7. The van der Waals surface area contributed by atoms with E-state index in [1.807, 2.05) is 20.8 Å². The SMILES string of the molecule is Cc1nc(C)n(C(C)CCC(=O)O)n1. The fraction of sp³-hybridized carbons (Fsp3) is 0.667. The van der Waals surface area contributed by atoms with E-state index in [2.05, 4.69) is 10.1 Å². The third kappa shape index (κ3) is 2.55. The number of aromatic nitrogens is 3. The molecule has 0 aliphatic rings. The number of carbonyl (C=O) groups is 1. The van der Waals surface area contributed by atoms with E-state index >= 15 is 0 Å². The predicted molar refractivity (Wildman–Crippen MR) is 51.1 cm³/mol. The highest BCUT2D eigenvalue weighted by molar-refractivity contribution is 5.66. The molecular weight excluding hydrogens is 182 g/mol. The molecule has 0 amide bonds. The topological polar surface area (TPSA) is 68.0 Å². The number of hydrogen-bond acceptors (Lipinski definition) is 3. The smallest absolute Gasteiger partial charge is 0.303 e. The Hall–Kier alpha value is -1.39. The molecule has 1 aromatic rings. The lowest BCUT2D eigenvalue weighted by molar-refractivity contribution is -0.137. The van der Waals surface area contributed by atoms with Gasteiger partial charge in [-0.25, -0.2) is 9.67 Å². The number of nitrogens with zero attached hydrogens (tertiary/aromatic N) is 3. The Morgan fingerprint density at radius 1 is 1.57 bits per heavy atom. The van der Waals surface area contributed by atoms with Gasteiger partial charge in [-0.2, -0.15) is 5.10 Å². The molecule has 0 spiro atoms. The largest absolute Gasteiger partial charge is 0.481 e. The zero-order valence-electron chi connectivity index (χ0n) is 8.69. The van der Waals surface area contributed by atoms with Crippen molar-refractivity contribution in [2.45, 2.75) is 39.7 Å². The second-order valence-electron chi connectivity index (χ2n) is 3.43. The van der Waals surface area contributed by atoms with Crippen LogP contribution in [0.25, 0.3) is 0 Å². The van der Waals surface area contributed by atoms with Crippen molar-refractivity contribution in [1.82, 2.24) is 14.8 Å². The van der Waals surface area contributed by atoms with E-state index < -0.39 is 5.97 Å². The highest BCUT2D eigenvalue weighted by Crippen LogP contribution is 2.13. The second kappa shape index (κ2) is 4.21. The van der Waals surface area contributed by atoms with Crippen LogP contribution in [0.4, 0.5) is 0 Å². The number of carboxylic acid groups (broad SMARTS) is 1. The number of aliphatic carboxylic acids is 1. The van der Waals surface area contributed by atoms with Crippen LogP contribution in [0.5, 0.6) is 0 Å². The predicted octanol–water partition coefficient (Wildman–Crippen LogP) is 1.32. The summed E-state index contributed by atoms with van der Waals surface area (Å²) in [7, 11) is 0. The van der Waals surface area contributed by atoms with Gasteiger partial charge in [0.05, 0.1) is 6.04 Å². The van der Waals surface area contributed by atoms with Gasteiger partial charge in [-0.1, -0.05) is 0 Å². The van der Waals surface area contributed by atoms with Crippen LogP contribution in [-0.4, -0.2) is 25.8 Å². The average molecular weight is 197 g/mol. The minimum atomic E-state index is -0.772. The van der Waals surface area contributed by atoms with E-state index in [1.165, 1.54) is 0 Å². The van der Waals surface area contributed by atoms with Crippen LogP contribution in [0.15, 0.2) is 0 Å². The Balaban J connectivity index is 2.64. The van der Waals surface area contributed by atoms with Crippen molar-refractivity contribution in [3.05, 3.63) is 11.6 Å². The monoisotopic (exact) mass is 197 g/mol. The van der Waals surface area contributed by atoms with Crippen molar-refractivity contribution in [2.75, 3.05) is 0 Å². The maximum atomic E-state index is 10.4. The van der Waals surface area contributed by atoms with Gasteiger partial charge in [0.2, 0.25) is 0 Å². The molecule has 1 N–H and O–H groups in total. The van der Waals surface area contributed by atoms with E-state index in [1.54, 1.807) is 4.68 Å². The Kier molecular flexibility index (Phi) is 3.22. The van der Waals surface area contributed by atoms with Gasteiger partial charge in [0.15, 0.2) is 0 Å². The molecule has 0 saturated heterocycles. The molecule has 1 heterocycles. The van der Waals surface area contributed by atoms with E-state index in [0.29, 0.717) is 6.42 Å². The van der Waals surface area contributed by atoms with Gasteiger partial charge in [0.25, 0.3) is 0 Å². The molecule has 0 aliphatic heterocycles. The van der Waals surface area contributed by atoms with Crippen molar-refractivity contribution < 1.29 is 9.90 Å². The van der Waals surface area contributed by atoms with Crippen molar-refractivity contribution in [3.8, 4) is 0 Å². The van der Waals surface area contributed by atoms with Gasteiger partial charge in [0, 0.05) is 6.42 Å². The van der Waals surface area contributed by atoms with Crippen LogP contribution in [0.2, 0.25) is 0 Å². The number of hydrogen-bond donors (Lipinski definition) is 1. The summed E-state index contributed by atoms with van der Waals surface area (Å²) in [5.74, 6) is 0.788. The van der Waals surface area contributed by atoms with Crippen molar-refractivity contribution in [1.29, 1.82) is 0 Å². The first-order valence-electron chi connectivity index (χ1n) is 4.62. The second-order valence-corrected chi connectivity index (χ2v) is 3.43. The fourth-order valence-electron chi connectivity index (χ4n) is 1.41. The molecule has 5 nitrogen and oxygen atoms in total. The van der Waals surface area contributed by atoms with Gasteiger partial charge in [0.1, 0.15) is 11.6 Å². The fourth-order valence-corrected chi connectivity index (χ4v) is 1.41. The van der Waals surface area contributed by atoms with E-state index in [-0.39, 0.29) is 12.5 Å². The summed E-state index contributed by atoms with van der Waals surface area (Å²) >= 11 is 0. The summed E-state index contributed by atoms with van der Waals surface area (Å²) in [5.41, 5.74) is 0. The van der Waals surface area contributed by atoms with Crippen molar-refractivity contribution in [3.63, 3.8) is 0 Å². The molecule has 0 bridgehead atoms. The molecule has 1 aromatic heterocycles. The maximum absolute atomic E-state index is 10.4. The summed E-state index contributed by atoms with van der Waals surface area (Å²) in [6.07, 6.45) is 0.748. The molecule has 14 heavy (non-hydrogen) atoms. The Bertz CT molecular complexity index is 333. The average Bonchev–Trinajstić information content (AvgIpc) is 2.41. The van der Waals surface area contributed by atoms with Crippen molar-refractivity contribution in [2.24, 2.45) is 0 Å².